The van der Waals surface area contributed by atoms with Crippen molar-refractivity contribution in [2.75, 3.05) is 38.2 Å². The molecule has 0 bridgehead atoms. The summed E-state index contributed by atoms with van der Waals surface area (Å²) in [6, 6.07) is 9.43. The van der Waals surface area contributed by atoms with E-state index in [9.17, 15) is 9.59 Å². The van der Waals surface area contributed by atoms with E-state index < -0.39 is 5.97 Å². The van der Waals surface area contributed by atoms with Crippen LogP contribution in [0.4, 0.5) is 5.69 Å². The van der Waals surface area contributed by atoms with Crippen molar-refractivity contribution in [2.45, 2.75) is 12.5 Å². The number of likely N-dealkylation sites (N-methyl/N-ethyl adjacent to an activating group) is 1. The van der Waals surface area contributed by atoms with E-state index in [1.165, 1.54) is 0 Å². The second-order valence-electron chi connectivity index (χ2n) is 5.11. The topological polar surface area (TPSA) is 70.1 Å². The lowest BCUT2D eigenvalue weighted by Crippen LogP contribution is -2.47. The number of ether oxygens (including phenoxy) is 1. The van der Waals surface area contributed by atoms with E-state index in [4.69, 9.17) is 9.84 Å². The zero-order valence-electron chi connectivity index (χ0n) is 12.1. The third kappa shape index (κ3) is 4.54. The van der Waals surface area contributed by atoms with Gasteiger partial charge in [0.15, 0.2) is 0 Å². The van der Waals surface area contributed by atoms with Crippen LogP contribution in [0.3, 0.4) is 0 Å². The molecule has 1 saturated heterocycles. The van der Waals surface area contributed by atoms with Gasteiger partial charge in [0.25, 0.3) is 0 Å². The van der Waals surface area contributed by atoms with Crippen molar-refractivity contribution >= 4 is 17.6 Å². The molecule has 0 spiro atoms. The molecule has 0 aromatic heterocycles. The highest BCUT2D eigenvalue weighted by Gasteiger charge is 2.25. The second-order valence-corrected chi connectivity index (χ2v) is 5.11. The molecule has 114 valence electrons. The standard InChI is InChI=1S/C15H20N2O4/c1-16(12-5-3-2-4-6-12)14(18)11-17-7-8-21-13(10-17)9-15(19)20/h2-6,13H,7-11H2,1H3,(H,19,20). The Morgan fingerprint density at radius 1 is 1.38 bits per heavy atom. The molecule has 1 amide bonds. The molecule has 1 aromatic carbocycles. The largest absolute Gasteiger partial charge is 0.481 e. The Bertz CT molecular complexity index is 492. The SMILES string of the molecule is CN(C(=O)CN1CCOC(CC(=O)O)C1)c1ccccc1. The fourth-order valence-corrected chi connectivity index (χ4v) is 2.34. The highest BCUT2D eigenvalue weighted by Crippen LogP contribution is 2.13. The van der Waals surface area contributed by atoms with E-state index in [-0.39, 0.29) is 25.0 Å². The van der Waals surface area contributed by atoms with E-state index >= 15 is 0 Å². The molecule has 1 unspecified atom stereocenters. The molecule has 0 saturated carbocycles. The zero-order valence-corrected chi connectivity index (χ0v) is 12.1. The van der Waals surface area contributed by atoms with Crippen LogP contribution in [0, 0.1) is 0 Å². The summed E-state index contributed by atoms with van der Waals surface area (Å²) >= 11 is 0. The quantitative estimate of drug-likeness (QED) is 0.870. The predicted octanol–water partition coefficient (Wildman–Crippen LogP) is 0.825. The number of anilines is 1. The molecule has 21 heavy (non-hydrogen) atoms. The molecule has 6 nitrogen and oxygen atoms in total. The van der Waals surface area contributed by atoms with Gasteiger partial charge in [0.2, 0.25) is 5.91 Å². The molecular formula is C15H20N2O4. The maximum Gasteiger partial charge on any atom is 0.306 e. The first-order chi connectivity index (χ1) is 10.1. The minimum Gasteiger partial charge on any atom is -0.481 e. The fourth-order valence-electron chi connectivity index (χ4n) is 2.34. The van der Waals surface area contributed by atoms with Gasteiger partial charge >= 0.3 is 5.97 Å². The van der Waals surface area contributed by atoms with Gasteiger partial charge in [-0.15, -0.1) is 0 Å². The summed E-state index contributed by atoms with van der Waals surface area (Å²) in [6.07, 6.45) is -0.370. The molecule has 1 aliphatic rings. The normalized spacial score (nSPS) is 19.2. The van der Waals surface area contributed by atoms with Gasteiger partial charge in [0, 0.05) is 25.8 Å². The molecule has 1 fully saturated rings. The fraction of sp³-hybridized carbons (Fsp3) is 0.467. The number of rotatable bonds is 5. The monoisotopic (exact) mass is 292 g/mol. The number of nitrogens with zero attached hydrogens (tertiary/aromatic N) is 2. The summed E-state index contributed by atoms with van der Waals surface area (Å²) in [5.41, 5.74) is 0.845. The Balaban J connectivity index is 1.88. The van der Waals surface area contributed by atoms with Gasteiger partial charge < -0.3 is 14.7 Å². The van der Waals surface area contributed by atoms with Gasteiger partial charge in [-0.05, 0) is 12.1 Å². The molecular weight excluding hydrogens is 272 g/mol. The Morgan fingerprint density at radius 3 is 2.76 bits per heavy atom. The highest BCUT2D eigenvalue weighted by atomic mass is 16.5. The van der Waals surface area contributed by atoms with Gasteiger partial charge in [-0.2, -0.15) is 0 Å². The van der Waals surface area contributed by atoms with Crippen LogP contribution in [0.2, 0.25) is 0 Å². The minimum atomic E-state index is -0.880. The van der Waals surface area contributed by atoms with Crippen molar-refractivity contribution in [3.63, 3.8) is 0 Å². The Labute approximate surface area is 123 Å². The number of morpholine rings is 1. The summed E-state index contributed by atoms with van der Waals surface area (Å²) in [6.45, 7) is 1.84. The number of aliphatic carboxylic acids is 1. The van der Waals surface area contributed by atoms with Gasteiger partial charge in [0.05, 0.1) is 25.7 Å². The van der Waals surface area contributed by atoms with Crippen LogP contribution in [-0.2, 0) is 14.3 Å². The maximum atomic E-state index is 12.3. The van der Waals surface area contributed by atoms with Gasteiger partial charge in [-0.3, -0.25) is 14.5 Å². The third-order valence-electron chi connectivity index (χ3n) is 3.50. The Kier molecular flexibility index (Phi) is 5.30. The number of benzene rings is 1. The van der Waals surface area contributed by atoms with Crippen LogP contribution in [0.25, 0.3) is 0 Å². The highest BCUT2D eigenvalue weighted by molar-refractivity contribution is 5.94. The van der Waals surface area contributed by atoms with Crippen molar-refractivity contribution in [2.24, 2.45) is 0 Å². The van der Waals surface area contributed by atoms with Crippen molar-refractivity contribution in [3.8, 4) is 0 Å². The number of carbonyl (C=O) groups excluding carboxylic acids is 1. The zero-order chi connectivity index (χ0) is 15.2. The average molecular weight is 292 g/mol. The van der Waals surface area contributed by atoms with E-state index in [0.29, 0.717) is 19.7 Å². The maximum absolute atomic E-state index is 12.3. The summed E-state index contributed by atoms with van der Waals surface area (Å²) < 4.78 is 5.40. The first kappa shape index (κ1) is 15.5. The number of hydrogen-bond acceptors (Lipinski definition) is 4. The van der Waals surface area contributed by atoms with E-state index in [2.05, 4.69) is 0 Å². The number of hydrogen-bond donors (Lipinski definition) is 1. The molecule has 1 N–H and O–H groups in total. The van der Waals surface area contributed by atoms with Crippen LogP contribution in [0.15, 0.2) is 30.3 Å². The van der Waals surface area contributed by atoms with Crippen molar-refractivity contribution in [1.29, 1.82) is 0 Å². The molecule has 1 atom stereocenters. The summed E-state index contributed by atoms with van der Waals surface area (Å²) in [5, 5.41) is 8.80. The number of amides is 1. The van der Waals surface area contributed by atoms with E-state index in [1.54, 1.807) is 11.9 Å². The second kappa shape index (κ2) is 7.19. The van der Waals surface area contributed by atoms with Crippen molar-refractivity contribution in [3.05, 3.63) is 30.3 Å². The first-order valence-electron chi connectivity index (χ1n) is 6.93. The molecule has 1 aromatic rings. The minimum absolute atomic E-state index is 0.0165. The molecule has 1 heterocycles. The number of carboxylic acid groups (broad SMARTS) is 1. The van der Waals surface area contributed by atoms with Crippen LogP contribution in [-0.4, -0.2) is 61.3 Å². The molecule has 1 aliphatic heterocycles. The third-order valence-corrected chi connectivity index (χ3v) is 3.50. The first-order valence-corrected chi connectivity index (χ1v) is 6.93. The predicted molar refractivity (Wildman–Crippen MR) is 78.3 cm³/mol. The number of carboxylic acids is 1. The Hall–Kier alpha value is -1.92. The van der Waals surface area contributed by atoms with E-state index in [1.807, 2.05) is 35.2 Å². The van der Waals surface area contributed by atoms with Gasteiger partial charge in [-0.1, -0.05) is 18.2 Å². The number of carbonyl (C=O) groups is 2. The van der Waals surface area contributed by atoms with Crippen molar-refractivity contribution in [1.82, 2.24) is 4.90 Å². The Morgan fingerprint density at radius 2 is 2.10 bits per heavy atom. The summed E-state index contributed by atoms with van der Waals surface area (Å²) in [7, 11) is 1.74. The average Bonchev–Trinajstić information content (AvgIpc) is 2.47. The van der Waals surface area contributed by atoms with Crippen LogP contribution in [0.5, 0.6) is 0 Å². The van der Waals surface area contributed by atoms with Crippen LogP contribution in [0.1, 0.15) is 6.42 Å². The summed E-state index contributed by atoms with van der Waals surface area (Å²) in [4.78, 5) is 26.5. The molecule has 6 heteroatoms. The lowest BCUT2D eigenvalue weighted by atomic mass is 10.2. The number of para-hydroxylation sites is 1. The van der Waals surface area contributed by atoms with E-state index in [0.717, 1.165) is 5.69 Å². The smallest absolute Gasteiger partial charge is 0.306 e. The molecule has 2 rings (SSSR count). The molecule has 0 radical (unpaired) electrons. The van der Waals surface area contributed by atoms with Gasteiger partial charge in [0.1, 0.15) is 0 Å². The molecule has 0 aliphatic carbocycles. The van der Waals surface area contributed by atoms with Crippen LogP contribution >= 0.6 is 0 Å². The van der Waals surface area contributed by atoms with Crippen LogP contribution < -0.4 is 4.90 Å². The lowest BCUT2D eigenvalue weighted by Gasteiger charge is -2.32. The van der Waals surface area contributed by atoms with Gasteiger partial charge in [-0.25, -0.2) is 0 Å². The summed E-state index contributed by atoms with van der Waals surface area (Å²) in [5.74, 6) is -0.897. The van der Waals surface area contributed by atoms with Crippen molar-refractivity contribution < 1.29 is 19.4 Å². The lowest BCUT2D eigenvalue weighted by molar-refractivity contribution is -0.142.